The van der Waals surface area contributed by atoms with Gasteiger partial charge in [0.15, 0.2) is 0 Å². The maximum absolute atomic E-state index is 10.7. The molecule has 0 aromatic heterocycles. The van der Waals surface area contributed by atoms with E-state index < -0.39 is 0 Å². The van der Waals surface area contributed by atoms with E-state index >= 15 is 0 Å². The van der Waals surface area contributed by atoms with Crippen molar-refractivity contribution >= 4 is 5.97 Å². The molecular formula is C11H20O3. The number of esters is 1. The third kappa shape index (κ3) is 6.66. The van der Waals surface area contributed by atoms with E-state index in [-0.39, 0.29) is 12.1 Å². The van der Waals surface area contributed by atoms with Gasteiger partial charge < -0.3 is 9.47 Å². The molecule has 0 aromatic carbocycles. The van der Waals surface area contributed by atoms with E-state index in [1.54, 1.807) is 0 Å². The lowest BCUT2D eigenvalue weighted by Gasteiger charge is -2.14. The Kier molecular flexibility index (Phi) is 8.24. The van der Waals surface area contributed by atoms with Crippen LogP contribution < -0.4 is 0 Å². The van der Waals surface area contributed by atoms with Gasteiger partial charge in [0.2, 0.25) is 0 Å². The van der Waals surface area contributed by atoms with Crippen molar-refractivity contribution in [2.75, 3.05) is 13.2 Å². The van der Waals surface area contributed by atoms with E-state index in [2.05, 4.69) is 20.4 Å². The highest BCUT2D eigenvalue weighted by molar-refractivity contribution is 5.81. The molecule has 0 rings (SSSR count). The quantitative estimate of drug-likeness (QED) is 0.445. The third-order valence-corrected chi connectivity index (χ3v) is 1.86. The summed E-state index contributed by atoms with van der Waals surface area (Å²) < 4.78 is 10.4. The van der Waals surface area contributed by atoms with Gasteiger partial charge in [0.25, 0.3) is 0 Å². The van der Waals surface area contributed by atoms with Gasteiger partial charge in [-0.25, -0.2) is 4.79 Å². The Balaban J connectivity index is 3.51. The summed E-state index contributed by atoms with van der Waals surface area (Å²) in [5.74, 6) is -0.365. The molecule has 14 heavy (non-hydrogen) atoms. The molecule has 0 saturated carbocycles. The summed E-state index contributed by atoms with van der Waals surface area (Å²) in [6, 6.07) is 0. The molecule has 0 N–H and O–H groups in total. The van der Waals surface area contributed by atoms with E-state index in [0.29, 0.717) is 6.61 Å². The molecule has 0 aliphatic carbocycles. The van der Waals surface area contributed by atoms with Crippen LogP contribution >= 0.6 is 0 Å². The Bertz CT molecular complexity index is 166. The molecule has 0 amide bonds. The fourth-order valence-corrected chi connectivity index (χ4v) is 1.04. The average molecular weight is 200 g/mol. The standard InChI is InChI=1S/C11H20O3/c1-4-8-13-10(5-2)7-9-14-11(12)6-3/h6,10H,3-5,7-9H2,1-2H3. The summed E-state index contributed by atoms with van der Waals surface area (Å²) in [5.41, 5.74) is 0. The van der Waals surface area contributed by atoms with Crippen LogP contribution in [0.3, 0.4) is 0 Å². The van der Waals surface area contributed by atoms with E-state index in [0.717, 1.165) is 25.9 Å². The average Bonchev–Trinajstić information content (AvgIpc) is 2.22. The van der Waals surface area contributed by atoms with Crippen molar-refractivity contribution in [3.05, 3.63) is 12.7 Å². The predicted molar refractivity (Wildman–Crippen MR) is 56.1 cm³/mol. The molecule has 0 fully saturated rings. The van der Waals surface area contributed by atoms with E-state index in [9.17, 15) is 4.79 Å². The largest absolute Gasteiger partial charge is 0.462 e. The van der Waals surface area contributed by atoms with Gasteiger partial charge in [-0.3, -0.25) is 0 Å². The topological polar surface area (TPSA) is 35.5 Å². The van der Waals surface area contributed by atoms with Gasteiger partial charge in [-0.05, 0) is 12.8 Å². The first-order chi connectivity index (χ1) is 6.74. The molecule has 3 nitrogen and oxygen atoms in total. The highest BCUT2D eigenvalue weighted by Crippen LogP contribution is 2.04. The van der Waals surface area contributed by atoms with Crippen LogP contribution in [0.5, 0.6) is 0 Å². The zero-order chi connectivity index (χ0) is 10.8. The Morgan fingerprint density at radius 2 is 2.14 bits per heavy atom. The second-order valence-corrected chi connectivity index (χ2v) is 3.06. The highest BCUT2D eigenvalue weighted by Gasteiger charge is 2.06. The van der Waals surface area contributed by atoms with Crippen LogP contribution in [0.2, 0.25) is 0 Å². The summed E-state index contributed by atoms with van der Waals surface area (Å²) >= 11 is 0. The number of ether oxygens (including phenoxy) is 2. The second-order valence-electron chi connectivity index (χ2n) is 3.06. The number of carbonyl (C=O) groups is 1. The van der Waals surface area contributed by atoms with Crippen LogP contribution in [0.25, 0.3) is 0 Å². The minimum absolute atomic E-state index is 0.201. The molecule has 3 heteroatoms. The van der Waals surface area contributed by atoms with Crippen molar-refractivity contribution in [3.8, 4) is 0 Å². The van der Waals surface area contributed by atoms with E-state index in [4.69, 9.17) is 9.47 Å². The molecule has 0 aromatic rings. The molecule has 0 aliphatic heterocycles. The summed E-state index contributed by atoms with van der Waals surface area (Å²) in [4.78, 5) is 10.7. The van der Waals surface area contributed by atoms with Gasteiger partial charge in [0.1, 0.15) is 0 Å². The zero-order valence-corrected chi connectivity index (χ0v) is 9.12. The minimum atomic E-state index is -0.365. The summed E-state index contributed by atoms with van der Waals surface area (Å²) in [7, 11) is 0. The number of rotatable bonds is 8. The Hall–Kier alpha value is -0.830. The first-order valence-electron chi connectivity index (χ1n) is 5.15. The number of hydrogen-bond donors (Lipinski definition) is 0. The van der Waals surface area contributed by atoms with Crippen molar-refractivity contribution in [3.63, 3.8) is 0 Å². The Labute approximate surface area is 86.1 Å². The van der Waals surface area contributed by atoms with Crippen molar-refractivity contribution in [2.45, 2.75) is 39.2 Å². The van der Waals surface area contributed by atoms with Crippen molar-refractivity contribution < 1.29 is 14.3 Å². The second kappa shape index (κ2) is 8.75. The molecule has 0 heterocycles. The van der Waals surface area contributed by atoms with Gasteiger partial charge in [-0.1, -0.05) is 20.4 Å². The molecular weight excluding hydrogens is 180 g/mol. The van der Waals surface area contributed by atoms with Crippen LogP contribution in [-0.4, -0.2) is 25.3 Å². The first kappa shape index (κ1) is 13.2. The van der Waals surface area contributed by atoms with Crippen LogP contribution in [0, 0.1) is 0 Å². The van der Waals surface area contributed by atoms with Crippen LogP contribution in [-0.2, 0) is 14.3 Å². The first-order valence-corrected chi connectivity index (χ1v) is 5.15. The van der Waals surface area contributed by atoms with E-state index in [1.807, 2.05) is 0 Å². The smallest absolute Gasteiger partial charge is 0.330 e. The number of hydrogen-bond acceptors (Lipinski definition) is 3. The predicted octanol–water partition coefficient (Wildman–Crippen LogP) is 2.31. The maximum atomic E-state index is 10.7. The molecule has 0 radical (unpaired) electrons. The fourth-order valence-electron chi connectivity index (χ4n) is 1.04. The lowest BCUT2D eigenvalue weighted by molar-refractivity contribution is -0.138. The molecule has 0 bridgehead atoms. The fraction of sp³-hybridized carbons (Fsp3) is 0.727. The van der Waals surface area contributed by atoms with Gasteiger partial charge in [0, 0.05) is 19.1 Å². The van der Waals surface area contributed by atoms with Gasteiger partial charge in [0.05, 0.1) is 12.7 Å². The Morgan fingerprint density at radius 1 is 1.43 bits per heavy atom. The highest BCUT2D eigenvalue weighted by atomic mass is 16.5. The van der Waals surface area contributed by atoms with Crippen LogP contribution in [0.1, 0.15) is 33.1 Å². The van der Waals surface area contributed by atoms with Crippen molar-refractivity contribution in [2.24, 2.45) is 0 Å². The zero-order valence-electron chi connectivity index (χ0n) is 9.12. The maximum Gasteiger partial charge on any atom is 0.330 e. The molecule has 0 spiro atoms. The summed E-state index contributed by atoms with van der Waals surface area (Å²) in [6.45, 7) is 8.64. The minimum Gasteiger partial charge on any atom is -0.462 e. The summed E-state index contributed by atoms with van der Waals surface area (Å²) in [6.07, 6.45) is 4.10. The van der Waals surface area contributed by atoms with Crippen LogP contribution in [0.15, 0.2) is 12.7 Å². The molecule has 82 valence electrons. The van der Waals surface area contributed by atoms with Crippen molar-refractivity contribution in [1.82, 2.24) is 0 Å². The lowest BCUT2D eigenvalue weighted by Crippen LogP contribution is -2.16. The van der Waals surface area contributed by atoms with Gasteiger partial charge >= 0.3 is 5.97 Å². The SMILES string of the molecule is C=CC(=O)OCCC(CC)OCCC. The summed E-state index contributed by atoms with van der Waals surface area (Å²) in [5, 5.41) is 0. The van der Waals surface area contributed by atoms with Crippen molar-refractivity contribution in [1.29, 1.82) is 0 Å². The Morgan fingerprint density at radius 3 is 2.64 bits per heavy atom. The van der Waals surface area contributed by atoms with Gasteiger partial charge in [-0.15, -0.1) is 0 Å². The normalized spacial score (nSPS) is 12.1. The monoisotopic (exact) mass is 200 g/mol. The molecule has 0 saturated heterocycles. The molecule has 1 unspecified atom stereocenters. The molecule has 1 atom stereocenters. The molecule has 0 aliphatic rings. The third-order valence-electron chi connectivity index (χ3n) is 1.86. The number of carbonyl (C=O) groups excluding carboxylic acids is 1. The van der Waals surface area contributed by atoms with E-state index in [1.165, 1.54) is 6.08 Å². The lowest BCUT2D eigenvalue weighted by atomic mass is 10.2. The van der Waals surface area contributed by atoms with Gasteiger partial charge in [-0.2, -0.15) is 0 Å². The van der Waals surface area contributed by atoms with Crippen LogP contribution in [0.4, 0.5) is 0 Å².